The molecule has 0 aliphatic heterocycles. The lowest BCUT2D eigenvalue weighted by molar-refractivity contribution is -0.152. The van der Waals surface area contributed by atoms with E-state index in [-0.39, 0.29) is 0 Å². The molecule has 0 bridgehead atoms. The molecule has 1 aromatic carbocycles. The molecule has 0 aromatic heterocycles. The maximum atomic E-state index is 11.8. The summed E-state index contributed by atoms with van der Waals surface area (Å²) in [4.78, 5) is 11.8. The Labute approximate surface area is 115 Å². The first-order valence-electron chi connectivity index (χ1n) is 7.13. The number of rotatable bonds is 3. The summed E-state index contributed by atoms with van der Waals surface area (Å²) in [5, 5.41) is 9.71. The third kappa shape index (κ3) is 2.99. The van der Waals surface area contributed by atoms with E-state index in [1.807, 2.05) is 12.1 Å². The van der Waals surface area contributed by atoms with Gasteiger partial charge in [-0.3, -0.25) is 4.79 Å². The first-order valence-corrected chi connectivity index (χ1v) is 7.13. The normalized spacial score (nSPS) is 21.0. The van der Waals surface area contributed by atoms with Gasteiger partial charge >= 0.3 is 5.97 Å². The summed E-state index contributed by atoms with van der Waals surface area (Å²) in [6.07, 6.45) is 4.27. The van der Waals surface area contributed by atoms with Gasteiger partial charge in [0.05, 0.1) is 5.41 Å². The number of carboxylic acids is 1. The first kappa shape index (κ1) is 14.1. The van der Waals surface area contributed by atoms with E-state index in [4.69, 9.17) is 0 Å². The van der Waals surface area contributed by atoms with Crippen LogP contribution in [0.1, 0.15) is 50.7 Å². The van der Waals surface area contributed by atoms with Crippen LogP contribution >= 0.6 is 0 Å². The average Bonchev–Trinajstić information content (AvgIpc) is 2.34. The lowest BCUT2D eigenvalue weighted by Gasteiger charge is -2.41. The van der Waals surface area contributed by atoms with E-state index in [1.165, 1.54) is 11.1 Å². The maximum Gasteiger partial charge on any atom is 0.309 e. The molecule has 0 atom stereocenters. The molecule has 1 aromatic rings. The van der Waals surface area contributed by atoms with Crippen molar-refractivity contribution in [1.82, 2.24) is 0 Å². The third-order valence-electron chi connectivity index (χ3n) is 4.80. The van der Waals surface area contributed by atoms with Gasteiger partial charge in [-0.25, -0.2) is 0 Å². The minimum absolute atomic E-state index is 0.296. The predicted molar refractivity (Wildman–Crippen MR) is 77.2 cm³/mol. The molecular weight excluding hydrogens is 236 g/mol. The van der Waals surface area contributed by atoms with Gasteiger partial charge in [-0.05, 0) is 55.6 Å². The summed E-state index contributed by atoms with van der Waals surface area (Å²) in [7, 11) is 0. The highest BCUT2D eigenvalue weighted by molar-refractivity contribution is 5.75. The van der Waals surface area contributed by atoms with Gasteiger partial charge in [-0.15, -0.1) is 0 Å². The lowest BCUT2D eigenvalue weighted by Crippen LogP contribution is -2.39. The second-order valence-corrected chi connectivity index (χ2v) is 6.85. The zero-order valence-corrected chi connectivity index (χ0v) is 12.2. The van der Waals surface area contributed by atoms with E-state index in [2.05, 4.69) is 32.9 Å². The summed E-state index contributed by atoms with van der Waals surface area (Å²) in [6.45, 7) is 6.55. The van der Waals surface area contributed by atoms with E-state index in [0.29, 0.717) is 11.8 Å². The average molecular weight is 260 g/mol. The second-order valence-electron chi connectivity index (χ2n) is 6.85. The van der Waals surface area contributed by atoms with Crippen LogP contribution in [-0.2, 0) is 11.2 Å². The highest BCUT2D eigenvalue weighted by atomic mass is 16.4. The Bertz CT molecular complexity index is 464. The molecule has 0 spiro atoms. The Balaban J connectivity index is 2.23. The molecule has 0 saturated heterocycles. The molecule has 0 radical (unpaired) electrons. The first-order chi connectivity index (χ1) is 8.85. The molecule has 1 fully saturated rings. The van der Waals surface area contributed by atoms with E-state index < -0.39 is 11.4 Å². The Morgan fingerprint density at radius 1 is 1.16 bits per heavy atom. The van der Waals surface area contributed by atoms with Gasteiger partial charge < -0.3 is 5.11 Å². The monoisotopic (exact) mass is 260 g/mol. The van der Waals surface area contributed by atoms with Crippen molar-refractivity contribution >= 4 is 5.97 Å². The molecule has 104 valence electrons. The number of carbonyl (C=O) groups is 1. The van der Waals surface area contributed by atoms with Crippen LogP contribution in [0.5, 0.6) is 0 Å². The zero-order chi connectivity index (χ0) is 14.1. The SMILES string of the molecule is Cc1ccccc1CC1(C(=O)O)CCC(C)(C)CC1. The molecule has 2 nitrogen and oxygen atoms in total. The molecule has 2 heteroatoms. The number of aliphatic carboxylic acids is 1. The fourth-order valence-corrected chi connectivity index (χ4v) is 3.04. The minimum Gasteiger partial charge on any atom is -0.481 e. The van der Waals surface area contributed by atoms with Crippen molar-refractivity contribution in [2.75, 3.05) is 0 Å². The van der Waals surface area contributed by atoms with Gasteiger partial charge in [-0.2, -0.15) is 0 Å². The van der Waals surface area contributed by atoms with Crippen LogP contribution in [0, 0.1) is 17.8 Å². The number of hydrogen-bond donors (Lipinski definition) is 1. The number of hydrogen-bond acceptors (Lipinski definition) is 1. The van der Waals surface area contributed by atoms with Crippen LogP contribution < -0.4 is 0 Å². The molecule has 0 unspecified atom stereocenters. The quantitative estimate of drug-likeness (QED) is 0.884. The van der Waals surface area contributed by atoms with Gasteiger partial charge in [0.1, 0.15) is 0 Å². The number of benzene rings is 1. The van der Waals surface area contributed by atoms with Crippen molar-refractivity contribution < 1.29 is 9.90 Å². The van der Waals surface area contributed by atoms with Crippen molar-refractivity contribution in [2.24, 2.45) is 10.8 Å². The smallest absolute Gasteiger partial charge is 0.309 e. The molecule has 1 N–H and O–H groups in total. The van der Waals surface area contributed by atoms with Crippen LogP contribution in [0.3, 0.4) is 0 Å². The molecular formula is C17H24O2. The second kappa shape index (κ2) is 4.99. The highest BCUT2D eigenvalue weighted by Gasteiger charge is 2.44. The topological polar surface area (TPSA) is 37.3 Å². The van der Waals surface area contributed by atoms with Gasteiger partial charge in [0.15, 0.2) is 0 Å². The molecule has 1 aliphatic rings. The largest absolute Gasteiger partial charge is 0.481 e. The standard InChI is InChI=1S/C17H24O2/c1-13-6-4-5-7-14(13)12-17(15(18)19)10-8-16(2,3)9-11-17/h4-7H,8-12H2,1-3H3,(H,18,19). The molecule has 0 amide bonds. The zero-order valence-electron chi connectivity index (χ0n) is 12.2. The molecule has 1 aliphatic carbocycles. The summed E-state index contributed by atoms with van der Waals surface area (Å²) >= 11 is 0. The van der Waals surface area contributed by atoms with E-state index in [9.17, 15) is 9.90 Å². The Hall–Kier alpha value is -1.31. The van der Waals surface area contributed by atoms with Gasteiger partial charge in [0, 0.05) is 0 Å². The van der Waals surface area contributed by atoms with Crippen molar-refractivity contribution in [3.63, 3.8) is 0 Å². The molecule has 1 saturated carbocycles. The van der Waals surface area contributed by atoms with Crippen molar-refractivity contribution in [2.45, 2.75) is 52.9 Å². The van der Waals surface area contributed by atoms with E-state index >= 15 is 0 Å². The van der Waals surface area contributed by atoms with Crippen LogP contribution in [0.25, 0.3) is 0 Å². The minimum atomic E-state index is -0.619. The molecule has 0 heterocycles. The number of aryl methyl sites for hydroxylation is 1. The number of carboxylic acid groups (broad SMARTS) is 1. The van der Waals surface area contributed by atoms with Gasteiger partial charge in [0.25, 0.3) is 0 Å². The summed E-state index contributed by atoms with van der Waals surface area (Å²) in [6, 6.07) is 8.15. The Kier molecular flexibility index (Phi) is 3.71. The highest BCUT2D eigenvalue weighted by Crippen LogP contribution is 2.47. The molecule has 2 rings (SSSR count). The maximum absolute atomic E-state index is 11.8. The van der Waals surface area contributed by atoms with E-state index in [0.717, 1.165) is 25.7 Å². The third-order valence-corrected chi connectivity index (χ3v) is 4.80. The van der Waals surface area contributed by atoms with Crippen molar-refractivity contribution in [1.29, 1.82) is 0 Å². The van der Waals surface area contributed by atoms with Gasteiger partial charge in [0.2, 0.25) is 0 Å². The van der Waals surface area contributed by atoms with Crippen LogP contribution in [0.4, 0.5) is 0 Å². The summed E-state index contributed by atoms with van der Waals surface area (Å²) < 4.78 is 0. The van der Waals surface area contributed by atoms with Crippen LogP contribution in [0.15, 0.2) is 24.3 Å². The van der Waals surface area contributed by atoms with Crippen LogP contribution in [-0.4, -0.2) is 11.1 Å². The molecule has 19 heavy (non-hydrogen) atoms. The summed E-state index contributed by atoms with van der Waals surface area (Å²) in [5.74, 6) is -0.619. The predicted octanol–water partition coefficient (Wildman–Crippen LogP) is 4.21. The Morgan fingerprint density at radius 2 is 1.74 bits per heavy atom. The van der Waals surface area contributed by atoms with Crippen molar-refractivity contribution in [3.05, 3.63) is 35.4 Å². The lowest BCUT2D eigenvalue weighted by atomic mass is 9.63. The fraction of sp³-hybridized carbons (Fsp3) is 0.588. The fourth-order valence-electron chi connectivity index (χ4n) is 3.04. The van der Waals surface area contributed by atoms with Gasteiger partial charge in [-0.1, -0.05) is 38.1 Å². The summed E-state index contributed by atoms with van der Waals surface area (Å²) in [5.41, 5.74) is 2.13. The van der Waals surface area contributed by atoms with Crippen molar-refractivity contribution in [3.8, 4) is 0 Å². The Morgan fingerprint density at radius 3 is 2.26 bits per heavy atom. The van der Waals surface area contributed by atoms with E-state index in [1.54, 1.807) is 0 Å². The van der Waals surface area contributed by atoms with Crippen LogP contribution in [0.2, 0.25) is 0 Å².